The number of nitrogens with zero attached hydrogens (tertiary/aromatic N) is 2. The van der Waals surface area contributed by atoms with Gasteiger partial charge >= 0.3 is 0 Å². The predicted octanol–water partition coefficient (Wildman–Crippen LogP) is 1.15. The number of para-hydroxylation sites is 1. The highest BCUT2D eigenvalue weighted by Gasteiger charge is 2.03. The molecule has 2 aromatic rings. The average Bonchev–Trinajstić information content (AvgIpc) is 2.17. The molecule has 4 nitrogen and oxygen atoms in total. The lowest BCUT2D eigenvalue weighted by atomic mass is 10.2. The van der Waals surface area contributed by atoms with Gasteiger partial charge < -0.3 is 5.73 Å². The second kappa shape index (κ2) is 4.02. The Hall–Kier alpha value is -1.68. The molecule has 0 aliphatic carbocycles. The molecule has 5 heteroatoms. The van der Waals surface area contributed by atoms with Crippen LogP contribution in [0.25, 0.3) is 10.9 Å². The van der Waals surface area contributed by atoms with Crippen LogP contribution >= 0.6 is 12.4 Å². The standard InChI is InChI=1S/C9H7N3O.ClH/c10-8(13)9-11-5-6-3-1-2-4-7(6)12-9;/h1-5H,(H2,10,13);1H. The van der Waals surface area contributed by atoms with Gasteiger partial charge in [-0.2, -0.15) is 0 Å². The molecule has 0 atom stereocenters. The summed E-state index contributed by atoms with van der Waals surface area (Å²) in [5.41, 5.74) is 5.77. The largest absolute Gasteiger partial charge is 0.363 e. The lowest BCUT2D eigenvalue weighted by Gasteiger charge is -1.96. The zero-order chi connectivity index (χ0) is 9.26. The first-order valence-electron chi connectivity index (χ1n) is 3.79. The van der Waals surface area contributed by atoms with Crippen LogP contribution in [0.5, 0.6) is 0 Å². The number of primary amides is 1. The van der Waals surface area contributed by atoms with E-state index < -0.39 is 5.91 Å². The van der Waals surface area contributed by atoms with Crippen LogP contribution in [0.1, 0.15) is 10.6 Å². The van der Waals surface area contributed by atoms with Gasteiger partial charge in [-0.3, -0.25) is 4.79 Å². The minimum absolute atomic E-state index is 0. The van der Waals surface area contributed by atoms with E-state index in [4.69, 9.17) is 5.73 Å². The molecule has 0 unspecified atom stereocenters. The van der Waals surface area contributed by atoms with Crippen LogP contribution < -0.4 is 5.73 Å². The fraction of sp³-hybridized carbons (Fsp3) is 0. The van der Waals surface area contributed by atoms with Crippen LogP contribution in [0, 0.1) is 0 Å². The van der Waals surface area contributed by atoms with Crippen LogP contribution in [0.2, 0.25) is 0 Å². The van der Waals surface area contributed by atoms with E-state index in [1.807, 2.05) is 24.3 Å². The third kappa shape index (κ3) is 1.80. The molecule has 1 amide bonds. The summed E-state index contributed by atoms with van der Waals surface area (Å²) in [5, 5.41) is 0.896. The van der Waals surface area contributed by atoms with Crippen molar-refractivity contribution in [2.24, 2.45) is 5.73 Å². The normalized spacial score (nSPS) is 9.43. The number of rotatable bonds is 1. The highest BCUT2D eigenvalue weighted by atomic mass is 35.5. The summed E-state index contributed by atoms with van der Waals surface area (Å²) in [4.78, 5) is 18.6. The molecular weight excluding hydrogens is 202 g/mol. The van der Waals surface area contributed by atoms with Gasteiger partial charge in [0.25, 0.3) is 5.91 Å². The molecule has 0 bridgehead atoms. The first-order valence-corrected chi connectivity index (χ1v) is 3.79. The van der Waals surface area contributed by atoms with Gasteiger partial charge in [0.15, 0.2) is 0 Å². The van der Waals surface area contributed by atoms with Gasteiger partial charge in [-0.25, -0.2) is 9.97 Å². The number of hydrogen-bond acceptors (Lipinski definition) is 3. The van der Waals surface area contributed by atoms with Gasteiger partial charge in [-0.05, 0) is 6.07 Å². The van der Waals surface area contributed by atoms with Crippen LogP contribution in [-0.4, -0.2) is 15.9 Å². The summed E-state index contributed by atoms with van der Waals surface area (Å²) in [6.45, 7) is 0. The molecule has 72 valence electrons. The Labute approximate surface area is 86.6 Å². The van der Waals surface area contributed by atoms with Gasteiger partial charge in [0.05, 0.1) is 5.52 Å². The second-order valence-corrected chi connectivity index (χ2v) is 2.62. The number of carbonyl (C=O) groups is 1. The van der Waals surface area contributed by atoms with E-state index >= 15 is 0 Å². The number of nitrogens with two attached hydrogens (primary N) is 1. The van der Waals surface area contributed by atoms with E-state index in [2.05, 4.69) is 9.97 Å². The molecule has 0 saturated heterocycles. The van der Waals surface area contributed by atoms with Crippen molar-refractivity contribution in [1.29, 1.82) is 0 Å². The zero-order valence-electron chi connectivity index (χ0n) is 7.18. The summed E-state index contributed by atoms with van der Waals surface area (Å²) in [7, 11) is 0. The number of fused-ring (bicyclic) bond motifs is 1. The first-order chi connectivity index (χ1) is 6.27. The monoisotopic (exact) mass is 209 g/mol. The Balaban J connectivity index is 0.000000980. The molecule has 0 saturated carbocycles. The maximum atomic E-state index is 10.7. The summed E-state index contributed by atoms with van der Waals surface area (Å²) in [6.07, 6.45) is 1.59. The van der Waals surface area contributed by atoms with Crippen molar-refractivity contribution in [3.8, 4) is 0 Å². The van der Waals surface area contributed by atoms with Gasteiger partial charge in [0.1, 0.15) is 0 Å². The third-order valence-corrected chi connectivity index (χ3v) is 1.71. The van der Waals surface area contributed by atoms with Crippen LogP contribution in [-0.2, 0) is 0 Å². The van der Waals surface area contributed by atoms with E-state index in [1.165, 1.54) is 0 Å². The fourth-order valence-corrected chi connectivity index (χ4v) is 1.09. The van der Waals surface area contributed by atoms with Gasteiger partial charge in [-0.1, -0.05) is 18.2 Å². The van der Waals surface area contributed by atoms with E-state index in [1.54, 1.807) is 6.20 Å². The van der Waals surface area contributed by atoms with Gasteiger partial charge in [0, 0.05) is 11.6 Å². The second-order valence-electron chi connectivity index (χ2n) is 2.62. The number of benzene rings is 1. The van der Waals surface area contributed by atoms with Gasteiger partial charge in [-0.15, -0.1) is 12.4 Å². The summed E-state index contributed by atoms with van der Waals surface area (Å²) in [5.74, 6) is -0.551. The van der Waals surface area contributed by atoms with E-state index in [-0.39, 0.29) is 18.2 Å². The zero-order valence-corrected chi connectivity index (χ0v) is 7.99. The maximum absolute atomic E-state index is 10.7. The van der Waals surface area contributed by atoms with Crippen molar-refractivity contribution < 1.29 is 4.79 Å². The molecule has 0 spiro atoms. The molecule has 0 aliphatic rings. The Morgan fingerprint density at radius 3 is 2.71 bits per heavy atom. The van der Waals surface area contributed by atoms with Gasteiger partial charge in [0.2, 0.25) is 5.82 Å². The average molecular weight is 210 g/mol. The molecule has 1 aromatic heterocycles. The quantitative estimate of drug-likeness (QED) is 0.766. The van der Waals surface area contributed by atoms with Crippen molar-refractivity contribution in [2.45, 2.75) is 0 Å². The SMILES string of the molecule is Cl.NC(=O)c1ncc2ccccc2n1. The van der Waals surface area contributed by atoms with E-state index in [9.17, 15) is 4.79 Å². The summed E-state index contributed by atoms with van der Waals surface area (Å²) in [6, 6.07) is 7.42. The van der Waals surface area contributed by atoms with Crippen LogP contribution in [0.4, 0.5) is 0 Å². The van der Waals surface area contributed by atoms with Crippen LogP contribution in [0.15, 0.2) is 30.5 Å². The predicted molar refractivity (Wildman–Crippen MR) is 55.3 cm³/mol. The molecule has 2 rings (SSSR count). The highest BCUT2D eigenvalue weighted by molar-refractivity contribution is 5.91. The number of hydrogen-bond donors (Lipinski definition) is 1. The Morgan fingerprint density at radius 2 is 2.00 bits per heavy atom. The Morgan fingerprint density at radius 1 is 1.29 bits per heavy atom. The Kier molecular flexibility index (Phi) is 2.99. The van der Waals surface area contributed by atoms with Crippen molar-refractivity contribution in [1.82, 2.24) is 9.97 Å². The molecule has 14 heavy (non-hydrogen) atoms. The number of amides is 1. The number of aromatic nitrogens is 2. The third-order valence-electron chi connectivity index (χ3n) is 1.71. The molecule has 0 fully saturated rings. The fourth-order valence-electron chi connectivity index (χ4n) is 1.09. The molecular formula is C9H8ClN3O. The summed E-state index contributed by atoms with van der Waals surface area (Å²) >= 11 is 0. The topological polar surface area (TPSA) is 68.9 Å². The lowest BCUT2D eigenvalue weighted by molar-refractivity contribution is 0.0991. The minimum atomic E-state index is -0.606. The molecule has 1 heterocycles. The molecule has 2 N–H and O–H groups in total. The summed E-state index contributed by atoms with van der Waals surface area (Å²) < 4.78 is 0. The first kappa shape index (κ1) is 10.4. The van der Waals surface area contributed by atoms with E-state index in [0.717, 1.165) is 10.9 Å². The van der Waals surface area contributed by atoms with Crippen molar-refractivity contribution in [3.05, 3.63) is 36.3 Å². The maximum Gasteiger partial charge on any atom is 0.286 e. The van der Waals surface area contributed by atoms with Crippen molar-refractivity contribution >= 4 is 29.2 Å². The molecule has 0 radical (unpaired) electrons. The molecule has 0 aliphatic heterocycles. The molecule has 1 aromatic carbocycles. The van der Waals surface area contributed by atoms with Crippen molar-refractivity contribution in [2.75, 3.05) is 0 Å². The van der Waals surface area contributed by atoms with Crippen LogP contribution in [0.3, 0.4) is 0 Å². The highest BCUT2D eigenvalue weighted by Crippen LogP contribution is 2.08. The minimum Gasteiger partial charge on any atom is -0.363 e. The Bertz CT molecular complexity index is 472. The number of halogens is 1. The smallest absolute Gasteiger partial charge is 0.286 e. The number of carbonyl (C=O) groups excluding carboxylic acids is 1. The van der Waals surface area contributed by atoms with Crippen molar-refractivity contribution in [3.63, 3.8) is 0 Å². The lowest BCUT2D eigenvalue weighted by Crippen LogP contribution is -2.14. The van der Waals surface area contributed by atoms with E-state index in [0.29, 0.717) is 0 Å².